The largest absolute Gasteiger partial charge is 0.306 e. The molecule has 4 heteroatoms. The molecule has 0 N–H and O–H groups in total. The fraction of sp³-hybridized carbons (Fsp3) is 0.500. The lowest BCUT2D eigenvalue weighted by Crippen LogP contribution is -2.23. The van der Waals surface area contributed by atoms with Crippen LogP contribution >= 0.6 is 0 Å². The van der Waals surface area contributed by atoms with Gasteiger partial charge in [0.1, 0.15) is 11.6 Å². The zero-order valence-corrected chi connectivity index (χ0v) is 13.4. The zero-order valence-electron chi connectivity index (χ0n) is 13.4. The highest BCUT2D eigenvalue weighted by atomic mass is 19.1. The van der Waals surface area contributed by atoms with Crippen LogP contribution in [0.1, 0.15) is 32.8 Å². The number of nitriles is 1. The minimum absolute atomic E-state index is 0.0264. The molecule has 0 amide bonds. The van der Waals surface area contributed by atoms with Crippen molar-refractivity contribution >= 4 is 0 Å². The van der Waals surface area contributed by atoms with Crippen molar-refractivity contribution in [3.05, 3.63) is 47.5 Å². The normalized spacial score (nSPS) is 22.0. The second kappa shape index (κ2) is 6.08. The van der Waals surface area contributed by atoms with E-state index in [0.717, 1.165) is 12.0 Å². The van der Waals surface area contributed by atoms with Crippen molar-refractivity contribution in [2.24, 2.45) is 17.3 Å². The van der Waals surface area contributed by atoms with E-state index >= 15 is 0 Å². The van der Waals surface area contributed by atoms with Crippen LogP contribution in [0.15, 0.2) is 30.4 Å². The quantitative estimate of drug-likeness (QED) is 0.440. The van der Waals surface area contributed by atoms with Crippen LogP contribution in [-0.4, -0.2) is 11.4 Å². The van der Waals surface area contributed by atoms with Crippen molar-refractivity contribution in [2.45, 2.75) is 33.7 Å². The predicted octanol–water partition coefficient (Wildman–Crippen LogP) is 4.49. The summed E-state index contributed by atoms with van der Waals surface area (Å²) >= 11 is 0. The Hall–Kier alpha value is -1.89. The highest BCUT2D eigenvalue weighted by Gasteiger charge is 2.57. The molecule has 0 heterocycles. The molecular formula is C18H22F2N2. The molecule has 0 spiro atoms. The van der Waals surface area contributed by atoms with Gasteiger partial charge in [0, 0.05) is 12.1 Å². The van der Waals surface area contributed by atoms with Crippen LogP contribution in [0.4, 0.5) is 8.78 Å². The summed E-state index contributed by atoms with van der Waals surface area (Å²) in [5, 5.41) is 9.30. The van der Waals surface area contributed by atoms with E-state index in [2.05, 4.69) is 26.6 Å². The summed E-state index contributed by atoms with van der Waals surface area (Å²) in [6.45, 7) is 10.8. The molecule has 2 nitrogen and oxygen atoms in total. The summed E-state index contributed by atoms with van der Waals surface area (Å²) in [6.07, 6.45) is 3.00. The van der Waals surface area contributed by atoms with Gasteiger partial charge in [-0.2, -0.15) is 5.26 Å². The molecule has 0 unspecified atom stereocenters. The Kier molecular flexibility index (Phi) is 4.55. The van der Waals surface area contributed by atoms with Gasteiger partial charge in [0.25, 0.3) is 0 Å². The van der Waals surface area contributed by atoms with E-state index in [1.807, 2.05) is 6.92 Å². The van der Waals surface area contributed by atoms with E-state index in [0.29, 0.717) is 18.4 Å². The maximum Gasteiger partial charge on any atom is 0.179 e. The number of rotatable bonds is 6. The molecule has 0 bridgehead atoms. The molecule has 1 aliphatic rings. The van der Waals surface area contributed by atoms with E-state index in [1.165, 1.54) is 23.1 Å². The van der Waals surface area contributed by atoms with Crippen LogP contribution in [-0.2, 0) is 6.54 Å². The number of nitrogens with zero attached hydrogens (tertiary/aromatic N) is 2. The van der Waals surface area contributed by atoms with Gasteiger partial charge in [0.2, 0.25) is 0 Å². The lowest BCUT2D eigenvalue weighted by atomic mass is 10.0. The van der Waals surface area contributed by atoms with Gasteiger partial charge in [-0.3, -0.25) is 0 Å². The molecule has 0 aliphatic heterocycles. The molecule has 2 atom stereocenters. The van der Waals surface area contributed by atoms with E-state index in [4.69, 9.17) is 0 Å². The monoisotopic (exact) mass is 304 g/mol. The molecule has 1 aromatic rings. The number of hydrogen-bond acceptors (Lipinski definition) is 2. The molecule has 118 valence electrons. The van der Waals surface area contributed by atoms with Crippen molar-refractivity contribution in [3.63, 3.8) is 0 Å². The lowest BCUT2D eigenvalue weighted by Gasteiger charge is -2.17. The molecule has 1 aromatic carbocycles. The molecule has 1 fully saturated rings. The lowest BCUT2D eigenvalue weighted by molar-refractivity contribution is 0.331. The average Bonchev–Trinajstić information content (AvgIpc) is 2.92. The van der Waals surface area contributed by atoms with Crippen molar-refractivity contribution in [1.29, 1.82) is 5.26 Å². The molecule has 1 saturated carbocycles. The summed E-state index contributed by atoms with van der Waals surface area (Å²) in [4.78, 5) is 1.45. The van der Waals surface area contributed by atoms with Gasteiger partial charge in [-0.1, -0.05) is 25.5 Å². The second-order valence-electron chi connectivity index (χ2n) is 6.88. The third-order valence-electron chi connectivity index (χ3n) is 4.83. The first-order valence-electron chi connectivity index (χ1n) is 7.49. The summed E-state index contributed by atoms with van der Waals surface area (Å²) < 4.78 is 27.4. The van der Waals surface area contributed by atoms with Crippen molar-refractivity contribution < 1.29 is 8.78 Å². The van der Waals surface area contributed by atoms with Gasteiger partial charge < -0.3 is 4.90 Å². The number of halogens is 2. The van der Waals surface area contributed by atoms with Gasteiger partial charge in [0.05, 0.1) is 6.54 Å². The molecule has 0 aromatic heterocycles. The maximum atomic E-state index is 13.7. The zero-order chi connectivity index (χ0) is 16.5. The third-order valence-corrected chi connectivity index (χ3v) is 4.83. The van der Waals surface area contributed by atoms with Crippen molar-refractivity contribution in [2.75, 3.05) is 6.54 Å². The first-order valence-corrected chi connectivity index (χ1v) is 7.49. The van der Waals surface area contributed by atoms with Gasteiger partial charge in [-0.25, -0.2) is 8.78 Å². The summed E-state index contributed by atoms with van der Waals surface area (Å²) in [7, 11) is 0. The highest BCUT2D eigenvalue weighted by Crippen LogP contribution is 2.60. The Bertz CT molecular complexity index is 596. The standard InChI is InChI=1S/C18H22F2N2/c1-12(2)8-14-15(18(14,3)4)10-22(11-21)9-13-16(19)6-5-7-17(13)20/h5-7,14-15H,1,8-10H2,2-4H3/t14-,15+/m0/s1. The van der Waals surface area contributed by atoms with Crippen LogP contribution in [0.25, 0.3) is 0 Å². The molecule has 2 rings (SSSR count). The van der Waals surface area contributed by atoms with Crippen LogP contribution in [0.3, 0.4) is 0 Å². The minimum Gasteiger partial charge on any atom is -0.306 e. The molecule has 1 aliphatic carbocycles. The Morgan fingerprint density at radius 2 is 1.91 bits per heavy atom. The van der Waals surface area contributed by atoms with Crippen LogP contribution in [0.2, 0.25) is 0 Å². The summed E-state index contributed by atoms with van der Waals surface area (Å²) in [5.41, 5.74) is 1.23. The summed E-state index contributed by atoms with van der Waals surface area (Å²) in [5.74, 6) is -0.382. The van der Waals surface area contributed by atoms with Gasteiger partial charge in [-0.05, 0) is 42.7 Å². The average molecular weight is 304 g/mol. The topological polar surface area (TPSA) is 27.0 Å². The van der Waals surface area contributed by atoms with Crippen LogP contribution in [0.5, 0.6) is 0 Å². The van der Waals surface area contributed by atoms with Crippen LogP contribution < -0.4 is 0 Å². The van der Waals surface area contributed by atoms with Crippen molar-refractivity contribution in [3.8, 4) is 6.19 Å². The molecule has 0 saturated heterocycles. The number of allylic oxidation sites excluding steroid dienone is 1. The highest BCUT2D eigenvalue weighted by molar-refractivity contribution is 5.20. The molecular weight excluding hydrogens is 282 g/mol. The number of hydrogen-bond donors (Lipinski definition) is 0. The first kappa shape index (κ1) is 16.5. The third kappa shape index (κ3) is 3.30. The van der Waals surface area contributed by atoms with E-state index in [1.54, 1.807) is 0 Å². The van der Waals surface area contributed by atoms with Gasteiger partial charge >= 0.3 is 0 Å². The first-order chi connectivity index (χ1) is 10.3. The predicted molar refractivity (Wildman–Crippen MR) is 82.6 cm³/mol. The Balaban J connectivity index is 2.05. The van der Waals surface area contributed by atoms with E-state index in [9.17, 15) is 14.0 Å². The molecule has 22 heavy (non-hydrogen) atoms. The van der Waals surface area contributed by atoms with Gasteiger partial charge in [-0.15, -0.1) is 6.58 Å². The molecule has 0 radical (unpaired) electrons. The summed E-state index contributed by atoms with van der Waals surface area (Å²) in [6, 6.07) is 3.77. The Morgan fingerprint density at radius 1 is 1.32 bits per heavy atom. The Morgan fingerprint density at radius 3 is 2.41 bits per heavy atom. The maximum absolute atomic E-state index is 13.7. The van der Waals surface area contributed by atoms with Crippen LogP contribution in [0, 0.1) is 40.3 Å². The van der Waals surface area contributed by atoms with Gasteiger partial charge in [0.15, 0.2) is 6.19 Å². The fourth-order valence-electron chi connectivity index (χ4n) is 3.25. The fourth-order valence-corrected chi connectivity index (χ4v) is 3.25. The number of benzene rings is 1. The van der Waals surface area contributed by atoms with E-state index < -0.39 is 11.6 Å². The SMILES string of the molecule is C=C(C)C[C@H]1[C@@H](CN(C#N)Cc2c(F)cccc2F)C1(C)C. The smallest absolute Gasteiger partial charge is 0.179 e. The van der Waals surface area contributed by atoms with Crippen molar-refractivity contribution in [1.82, 2.24) is 4.90 Å². The Labute approximate surface area is 131 Å². The minimum atomic E-state index is -0.603. The van der Waals surface area contributed by atoms with E-state index in [-0.39, 0.29) is 17.5 Å². The second-order valence-corrected chi connectivity index (χ2v) is 6.88.